The fourth-order valence-electron chi connectivity index (χ4n) is 1.93. The Bertz CT molecular complexity index is 799. The number of hydrogen-bond acceptors (Lipinski definition) is 5. The zero-order valence-electron chi connectivity index (χ0n) is 11.7. The van der Waals surface area contributed by atoms with Gasteiger partial charge in [-0.05, 0) is 36.6 Å². The molecular formula is C15H12ClN3O2S. The predicted molar refractivity (Wildman–Crippen MR) is 85.7 cm³/mol. The maximum absolute atomic E-state index is 12.7. The molecular weight excluding hydrogens is 322 g/mol. The van der Waals surface area contributed by atoms with E-state index in [1.807, 2.05) is 24.4 Å². The van der Waals surface area contributed by atoms with Crippen molar-refractivity contribution in [3.63, 3.8) is 0 Å². The number of carbonyl (C=O) groups is 1. The van der Waals surface area contributed by atoms with Crippen LogP contribution in [0.3, 0.4) is 0 Å². The van der Waals surface area contributed by atoms with Gasteiger partial charge in [0.25, 0.3) is 5.91 Å². The Morgan fingerprint density at radius 3 is 2.91 bits per heavy atom. The quantitative estimate of drug-likeness (QED) is 0.729. The van der Waals surface area contributed by atoms with Gasteiger partial charge in [-0.25, -0.2) is 0 Å². The van der Waals surface area contributed by atoms with Crippen LogP contribution < -0.4 is 4.74 Å². The molecule has 1 aromatic carbocycles. The van der Waals surface area contributed by atoms with Crippen LogP contribution in [0.15, 0.2) is 41.8 Å². The number of aromatic nitrogens is 3. The number of nitrogens with zero attached hydrogens (tertiary/aromatic N) is 3. The third-order valence-electron chi connectivity index (χ3n) is 2.87. The lowest BCUT2D eigenvalue weighted by molar-refractivity contribution is 0.0945. The third-order valence-corrected chi connectivity index (χ3v) is 3.97. The average Bonchev–Trinajstić information content (AvgIpc) is 3.15. The molecule has 2 heterocycles. The number of thiophene rings is 1. The van der Waals surface area contributed by atoms with E-state index in [9.17, 15) is 4.79 Å². The van der Waals surface area contributed by atoms with Crippen LogP contribution in [0.25, 0.3) is 10.7 Å². The summed E-state index contributed by atoms with van der Waals surface area (Å²) in [5.41, 5.74) is 0.443. The minimum atomic E-state index is -0.302. The summed E-state index contributed by atoms with van der Waals surface area (Å²) in [5, 5.41) is 6.57. The molecule has 0 aliphatic rings. The van der Waals surface area contributed by atoms with Crippen molar-refractivity contribution in [3.8, 4) is 16.7 Å². The second-order valence-corrected chi connectivity index (χ2v) is 5.74. The SMILES string of the molecule is CCOc1nc(-c2cccs2)n(C(=O)c2cccc(Cl)c2)n1. The molecule has 0 bridgehead atoms. The van der Waals surface area contributed by atoms with E-state index in [2.05, 4.69) is 10.1 Å². The van der Waals surface area contributed by atoms with E-state index >= 15 is 0 Å². The van der Waals surface area contributed by atoms with Gasteiger partial charge in [-0.15, -0.1) is 16.4 Å². The molecule has 0 unspecified atom stereocenters. The Kier molecular flexibility index (Phi) is 4.22. The highest BCUT2D eigenvalue weighted by Crippen LogP contribution is 2.25. The second kappa shape index (κ2) is 6.29. The molecule has 5 nitrogen and oxygen atoms in total. The Balaban J connectivity index is 2.07. The van der Waals surface area contributed by atoms with Gasteiger partial charge in [0, 0.05) is 10.6 Å². The minimum Gasteiger partial charge on any atom is -0.463 e. The molecule has 112 valence electrons. The van der Waals surface area contributed by atoms with Crippen molar-refractivity contribution in [3.05, 3.63) is 52.4 Å². The first-order chi connectivity index (χ1) is 10.7. The minimum absolute atomic E-state index is 0.182. The number of ether oxygens (including phenoxy) is 1. The fraction of sp³-hybridized carbons (Fsp3) is 0.133. The van der Waals surface area contributed by atoms with Crippen molar-refractivity contribution in [2.75, 3.05) is 6.61 Å². The van der Waals surface area contributed by atoms with Gasteiger partial charge in [-0.2, -0.15) is 9.67 Å². The molecule has 2 aromatic heterocycles. The van der Waals surface area contributed by atoms with Crippen molar-refractivity contribution < 1.29 is 9.53 Å². The third kappa shape index (κ3) is 2.88. The number of hydrogen-bond donors (Lipinski definition) is 0. The molecule has 0 N–H and O–H groups in total. The molecule has 0 aliphatic carbocycles. The molecule has 0 radical (unpaired) electrons. The molecule has 0 aliphatic heterocycles. The van der Waals surface area contributed by atoms with Crippen molar-refractivity contribution in [1.29, 1.82) is 0 Å². The summed E-state index contributed by atoms with van der Waals surface area (Å²) in [6.45, 7) is 2.27. The first kappa shape index (κ1) is 14.7. The smallest absolute Gasteiger partial charge is 0.336 e. The van der Waals surface area contributed by atoms with E-state index < -0.39 is 0 Å². The summed E-state index contributed by atoms with van der Waals surface area (Å²) >= 11 is 7.43. The van der Waals surface area contributed by atoms with Gasteiger partial charge in [0.1, 0.15) is 0 Å². The molecule has 0 saturated heterocycles. The summed E-state index contributed by atoms with van der Waals surface area (Å²) in [4.78, 5) is 17.8. The zero-order chi connectivity index (χ0) is 15.5. The molecule has 3 rings (SSSR count). The van der Waals surface area contributed by atoms with E-state index in [0.29, 0.717) is 23.0 Å². The largest absolute Gasteiger partial charge is 0.463 e. The standard InChI is InChI=1S/C15H12ClN3O2S/c1-2-21-15-17-13(12-7-4-8-22-12)19(18-15)14(20)10-5-3-6-11(16)9-10/h3-9H,2H2,1H3. The summed E-state index contributed by atoms with van der Waals surface area (Å²) in [5.74, 6) is 0.160. The maximum Gasteiger partial charge on any atom is 0.336 e. The number of rotatable bonds is 4. The van der Waals surface area contributed by atoms with Crippen LogP contribution in [-0.2, 0) is 0 Å². The summed E-state index contributed by atoms with van der Waals surface area (Å²) < 4.78 is 6.57. The topological polar surface area (TPSA) is 57.0 Å². The van der Waals surface area contributed by atoms with E-state index in [1.54, 1.807) is 24.3 Å². The summed E-state index contributed by atoms with van der Waals surface area (Å²) in [6.07, 6.45) is 0. The highest BCUT2D eigenvalue weighted by molar-refractivity contribution is 7.13. The van der Waals surface area contributed by atoms with Crippen LogP contribution in [0.4, 0.5) is 0 Å². The lowest BCUT2D eigenvalue weighted by atomic mass is 10.2. The van der Waals surface area contributed by atoms with Gasteiger partial charge in [0.05, 0.1) is 11.5 Å². The molecule has 3 aromatic rings. The van der Waals surface area contributed by atoms with E-state index in [1.165, 1.54) is 16.0 Å². The molecule has 0 saturated carbocycles. The molecule has 22 heavy (non-hydrogen) atoms. The average molecular weight is 334 g/mol. The second-order valence-electron chi connectivity index (χ2n) is 4.36. The Morgan fingerprint density at radius 2 is 2.23 bits per heavy atom. The Labute approximate surface area is 136 Å². The lowest BCUT2D eigenvalue weighted by Crippen LogP contribution is -2.15. The Morgan fingerprint density at radius 1 is 1.36 bits per heavy atom. The first-order valence-corrected chi connectivity index (χ1v) is 7.89. The van der Waals surface area contributed by atoms with Gasteiger partial charge in [-0.3, -0.25) is 4.79 Å². The first-order valence-electron chi connectivity index (χ1n) is 6.63. The van der Waals surface area contributed by atoms with Gasteiger partial charge in [0.15, 0.2) is 5.82 Å². The summed E-state index contributed by atoms with van der Waals surface area (Å²) in [6, 6.07) is 10.7. The van der Waals surface area contributed by atoms with Crippen LogP contribution in [0.2, 0.25) is 5.02 Å². The molecule has 7 heteroatoms. The highest BCUT2D eigenvalue weighted by Gasteiger charge is 2.20. The zero-order valence-corrected chi connectivity index (χ0v) is 13.3. The Hall–Kier alpha value is -2.18. The number of benzene rings is 1. The van der Waals surface area contributed by atoms with Gasteiger partial charge < -0.3 is 4.74 Å². The van der Waals surface area contributed by atoms with Gasteiger partial charge in [0.2, 0.25) is 0 Å². The van der Waals surface area contributed by atoms with Crippen molar-refractivity contribution >= 4 is 28.8 Å². The van der Waals surface area contributed by atoms with E-state index in [4.69, 9.17) is 16.3 Å². The van der Waals surface area contributed by atoms with Gasteiger partial charge >= 0.3 is 6.01 Å². The van der Waals surface area contributed by atoms with Crippen LogP contribution in [0, 0.1) is 0 Å². The summed E-state index contributed by atoms with van der Waals surface area (Å²) in [7, 11) is 0. The van der Waals surface area contributed by atoms with Gasteiger partial charge in [-0.1, -0.05) is 23.7 Å². The lowest BCUT2D eigenvalue weighted by Gasteiger charge is -2.03. The van der Waals surface area contributed by atoms with Crippen molar-refractivity contribution in [2.45, 2.75) is 6.92 Å². The van der Waals surface area contributed by atoms with Crippen molar-refractivity contribution in [1.82, 2.24) is 14.8 Å². The van der Waals surface area contributed by atoms with E-state index in [-0.39, 0.29) is 11.9 Å². The molecule has 0 atom stereocenters. The normalized spacial score (nSPS) is 10.6. The molecule has 0 spiro atoms. The van der Waals surface area contributed by atoms with Crippen LogP contribution in [0.1, 0.15) is 17.3 Å². The van der Waals surface area contributed by atoms with Crippen molar-refractivity contribution in [2.24, 2.45) is 0 Å². The van der Waals surface area contributed by atoms with Crippen LogP contribution in [0.5, 0.6) is 6.01 Å². The van der Waals surface area contributed by atoms with Crippen LogP contribution in [-0.4, -0.2) is 27.3 Å². The molecule has 0 amide bonds. The maximum atomic E-state index is 12.7. The van der Waals surface area contributed by atoms with Crippen LogP contribution >= 0.6 is 22.9 Å². The fourth-order valence-corrected chi connectivity index (χ4v) is 2.82. The monoisotopic (exact) mass is 333 g/mol. The number of halogens is 1. The predicted octanol–water partition coefficient (Wildman–Crippen LogP) is 3.75. The highest BCUT2D eigenvalue weighted by atomic mass is 35.5. The molecule has 0 fully saturated rings. The van der Waals surface area contributed by atoms with E-state index in [0.717, 1.165) is 4.88 Å². The number of carbonyl (C=O) groups excluding carboxylic acids is 1.